The van der Waals surface area contributed by atoms with E-state index >= 15 is 0 Å². The van der Waals surface area contributed by atoms with Crippen molar-refractivity contribution in [2.45, 2.75) is 83.5 Å². The normalized spacial score (nSPS) is 19.7. The summed E-state index contributed by atoms with van der Waals surface area (Å²) in [6.07, 6.45) is 5.37. The molecule has 0 aliphatic heterocycles. The molecule has 1 unspecified atom stereocenters. The molecule has 1 amide bonds. The number of nitrogens with zero attached hydrogens (tertiary/aromatic N) is 1. The number of carbonyl (C=O) groups excluding carboxylic acids is 1. The van der Waals surface area contributed by atoms with Gasteiger partial charge in [-0.05, 0) is 53.4 Å². The fourth-order valence-corrected chi connectivity index (χ4v) is 2.66. The molecule has 0 aromatic carbocycles. The van der Waals surface area contributed by atoms with E-state index in [0.29, 0.717) is 11.5 Å². The van der Waals surface area contributed by atoms with Crippen LogP contribution in [0.15, 0.2) is 0 Å². The van der Waals surface area contributed by atoms with Gasteiger partial charge in [-0.25, -0.2) is 4.79 Å². The largest absolute Gasteiger partial charge is 0.442 e. The van der Waals surface area contributed by atoms with Crippen molar-refractivity contribution in [3.8, 4) is 0 Å². The van der Waals surface area contributed by atoms with Crippen LogP contribution in [-0.2, 0) is 9.47 Å². The first-order chi connectivity index (χ1) is 9.19. The monoisotopic (exact) mass is 287 g/mol. The highest BCUT2D eigenvalue weighted by molar-refractivity contribution is 5.66. The van der Waals surface area contributed by atoms with Crippen molar-refractivity contribution in [3.63, 3.8) is 0 Å². The van der Waals surface area contributed by atoms with Crippen molar-refractivity contribution in [2.75, 3.05) is 7.11 Å². The van der Waals surface area contributed by atoms with Gasteiger partial charge in [0.1, 0.15) is 5.60 Å². The summed E-state index contributed by atoms with van der Waals surface area (Å²) in [5.41, 5.74) is -0.667. The average Bonchev–Trinajstić information content (AvgIpc) is 2.82. The van der Waals surface area contributed by atoms with Crippen molar-refractivity contribution in [1.29, 1.82) is 0 Å². The second kappa shape index (κ2) is 6.76. The van der Waals surface area contributed by atoms with Crippen LogP contribution in [0.4, 0.5) is 4.79 Å². The van der Waals surface area contributed by atoms with E-state index in [1.165, 1.54) is 12.8 Å². The first kappa shape index (κ1) is 17.2. The minimum absolute atomic E-state index is 0.0664. The summed E-state index contributed by atoms with van der Waals surface area (Å²) in [5, 5.41) is 10.6. The van der Waals surface area contributed by atoms with E-state index < -0.39 is 11.7 Å². The van der Waals surface area contributed by atoms with Gasteiger partial charge in [-0.2, -0.15) is 5.06 Å². The first-order valence-electron chi connectivity index (χ1n) is 7.45. The highest BCUT2D eigenvalue weighted by atomic mass is 16.6. The molecule has 5 heteroatoms. The highest BCUT2D eigenvalue weighted by Gasteiger charge is 2.35. The lowest BCUT2D eigenvalue weighted by atomic mass is 9.93. The molecule has 1 atom stereocenters. The number of rotatable bonds is 5. The van der Waals surface area contributed by atoms with Gasteiger partial charge in [-0.15, -0.1) is 0 Å². The van der Waals surface area contributed by atoms with E-state index in [-0.39, 0.29) is 11.6 Å². The van der Waals surface area contributed by atoms with E-state index in [4.69, 9.17) is 9.47 Å². The molecule has 5 nitrogen and oxygen atoms in total. The summed E-state index contributed by atoms with van der Waals surface area (Å²) in [4.78, 5) is 11.8. The Labute approximate surface area is 122 Å². The molecule has 1 N–H and O–H groups in total. The standard InChI is InChI=1S/C15H29NO4/c1-12(16(18)13(17)20-14(2,3)4)8-11-15(19-5)9-6-7-10-15/h12,18H,6-11H2,1-5H3. The zero-order valence-corrected chi connectivity index (χ0v) is 13.4. The summed E-state index contributed by atoms with van der Waals surface area (Å²) in [7, 11) is 1.75. The zero-order valence-electron chi connectivity index (χ0n) is 13.4. The van der Waals surface area contributed by atoms with Gasteiger partial charge in [0.15, 0.2) is 0 Å². The number of amides is 1. The molecule has 1 aliphatic rings. The predicted molar refractivity (Wildman–Crippen MR) is 76.8 cm³/mol. The molecule has 0 bridgehead atoms. The Hall–Kier alpha value is -0.810. The van der Waals surface area contributed by atoms with E-state index in [2.05, 4.69) is 0 Å². The fourth-order valence-electron chi connectivity index (χ4n) is 2.66. The SMILES string of the molecule is COC1(CCC(C)N(O)C(=O)OC(C)(C)C)CCCC1. The molecule has 0 saturated heterocycles. The lowest BCUT2D eigenvalue weighted by Gasteiger charge is -2.31. The van der Waals surface area contributed by atoms with Gasteiger partial charge in [0.25, 0.3) is 0 Å². The van der Waals surface area contributed by atoms with E-state index in [9.17, 15) is 10.0 Å². The molecular formula is C15H29NO4. The third-order valence-electron chi connectivity index (χ3n) is 3.96. The molecule has 0 radical (unpaired) electrons. The van der Waals surface area contributed by atoms with Crippen LogP contribution in [0, 0.1) is 0 Å². The Morgan fingerprint density at radius 2 is 1.90 bits per heavy atom. The molecule has 0 spiro atoms. The molecule has 118 valence electrons. The lowest BCUT2D eigenvalue weighted by molar-refractivity contribution is -0.122. The number of methoxy groups -OCH3 is 1. The smallest absolute Gasteiger partial charge is 0.434 e. The Balaban J connectivity index is 2.45. The first-order valence-corrected chi connectivity index (χ1v) is 7.45. The van der Waals surface area contributed by atoms with Crippen molar-refractivity contribution < 1.29 is 19.5 Å². The molecule has 0 aromatic heterocycles. The second-order valence-electron chi connectivity index (χ2n) is 6.81. The van der Waals surface area contributed by atoms with Crippen LogP contribution < -0.4 is 0 Å². The van der Waals surface area contributed by atoms with Crippen LogP contribution in [0.1, 0.15) is 66.2 Å². The van der Waals surface area contributed by atoms with E-state index in [0.717, 1.165) is 19.3 Å². The Kier molecular flexibility index (Phi) is 5.83. The Morgan fingerprint density at radius 1 is 1.35 bits per heavy atom. The number of hydroxylamine groups is 2. The van der Waals surface area contributed by atoms with Crippen molar-refractivity contribution in [3.05, 3.63) is 0 Å². The van der Waals surface area contributed by atoms with E-state index in [1.807, 2.05) is 6.92 Å². The van der Waals surface area contributed by atoms with Gasteiger partial charge < -0.3 is 9.47 Å². The molecular weight excluding hydrogens is 258 g/mol. The van der Waals surface area contributed by atoms with Crippen molar-refractivity contribution in [1.82, 2.24) is 5.06 Å². The highest BCUT2D eigenvalue weighted by Crippen LogP contribution is 2.37. The quantitative estimate of drug-likeness (QED) is 0.618. The third-order valence-corrected chi connectivity index (χ3v) is 3.96. The number of hydrogen-bond acceptors (Lipinski definition) is 4. The van der Waals surface area contributed by atoms with Gasteiger partial charge in [0.2, 0.25) is 0 Å². The van der Waals surface area contributed by atoms with Gasteiger partial charge in [0.05, 0.1) is 11.6 Å². The van der Waals surface area contributed by atoms with Crippen LogP contribution in [-0.4, -0.2) is 40.7 Å². The molecule has 1 rings (SSSR count). The molecule has 20 heavy (non-hydrogen) atoms. The number of carbonyl (C=O) groups is 1. The number of hydrogen-bond donors (Lipinski definition) is 1. The molecule has 0 aromatic rings. The minimum atomic E-state index is -0.692. The maximum atomic E-state index is 11.8. The molecule has 1 fully saturated rings. The van der Waals surface area contributed by atoms with E-state index in [1.54, 1.807) is 27.9 Å². The topological polar surface area (TPSA) is 59.0 Å². The van der Waals surface area contributed by atoms with Crippen molar-refractivity contribution in [2.24, 2.45) is 0 Å². The van der Waals surface area contributed by atoms with Crippen molar-refractivity contribution >= 4 is 6.09 Å². The summed E-state index contributed by atoms with van der Waals surface area (Å²) in [5.74, 6) is 0. The third kappa shape index (κ3) is 4.94. The number of ether oxygens (including phenoxy) is 2. The van der Waals surface area contributed by atoms with Gasteiger partial charge in [-0.1, -0.05) is 12.8 Å². The van der Waals surface area contributed by atoms with Gasteiger partial charge in [0, 0.05) is 7.11 Å². The maximum Gasteiger partial charge on any atom is 0.434 e. The van der Waals surface area contributed by atoms with Gasteiger partial charge >= 0.3 is 6.09 Å². The predicted octanol–water partition coefficient (Wildman–Crippen LogP) is 3.74. The van der Waals surface area contributed by atoms with Crippen LogP contribution in [0.2, 0.25) is 0 Å². The molecule has 1 saturated carbocycles. The van der Waals surface area contributed by atoms with Crippen LogP contribution in [0.3, 0.4) is 0 Å². The lowest BCUT2D eigenvalue weighted by Crippen LogP contribution is -2.41. The summed E-state index contributed by atoms with van der Waals surface area (Å²) >= 11 is 0. The minimum Gasteiger partial charge on any atom is -0.442 e. The molecule has 0 heterocycles. The summed E-state index contributed by atoms with van der Waals surface area (Å²) in [6.45, 7) is 7.16. The summed E-state index contributed by atoms with van der Waals surface area (Å²) in [6, 6.07) is -0.280. The van der Waals surface area contributed by atoms with Gasteiger partial charge in [-0.3, -0.25) is 5.21 Å². The summed E-state index contributed by atoms with van der Waals surface area (Å²) < 4.78 is 10.8. The Bertz CT molecular complexity index is 318. The average molecular weight is 287 g/mol. The second-order valence-corrected chi connectivity index (χ2v) is 6.81. The molecule has 1 aliphatic carbocycles. The zero-order chi connectivity index (χ0) is 15.4. The van der Waals surface area contributed by atoms with Crippen LogP contribution in [0.25, 0.3) is 0 Å². The van der Waals surface area contributed by atoms with Crippen LogP contribution in [0.5, 0.6) is 0 Å². The Morgan fingerprint density at radius 3 is 2.35 bits per heavy atom. The van der Waals surface area contributed by atoms with Crippen LogP contribution >= 0.6 is 0 Å². The fraction of sp³-hybridized carbons (Fsp3) is 0.933. The maximum absolute atomic E-state index is 11.8.